The standard InChI is InChI=1S/C19H26NO4P/c1-12(2)17-10-15(6-7-18(17)21)20-19-13(3)8-16(9-14(19)4)24-11-25(5,22)23/h6-10,12,20-23H,5,11H2,1-4H3. The predicted molar refractivity (Wildman–Crippen MR) is 105 cm³/mol. The van der Waals surface area contributed by atoms with E-state index in [0.29, 0.717) is 11.5 Å². The van der Waals surface area contributed by atoms with Gasteiger partial charge in [0.15, 0.2) is 6.35 Å². The molecule has 2 aromatic carbocycles. The van der Waals surface area contributed by atoms with Gasteiger partial charge in [-0.1, -0.05) is 13.8 Å². The maximum atomic E-state index is 9.95. The van der Waals surface area contributed by atoms with Crippen LogP contribution in [-0.2, 0) is 0 Å². The highest BCUT2D eigenvalue weighted by molar-refractivity contribution is 7.62. The third-order valence-corrected chi connectivity index (χ3v) is 4.41. The summed E-state index contributed by atoms with van der Waals surface area (Å²) in [6.07, 6.45) is 3.10. The van der Waals surface area contributed by atoms with Gasteiger partial charge in [0.05, 0.1) is 0 Å². The van der Waals surface area contributed by atoms with Crippen LogP contribution in [0.25, 0.3) is 0 Å². The summed E-state index contributed by atoms with van der Waals surface area (Å²) in [4.78, 5) is 18.7. The number of aryl methyl sites for hydroxylation is 2. The number of anilines is 2. The van der Waals surface area contributed by atoms with Crippen LogP contribution in [0, 0.1) is 13.8 Å². The molecule has 0 aliphatic carbocycles. The molecule has 0 radical (unpaired) electrons. The number of nitrogens with one attached hydrogen (secondary N) is 1. The van der Waals surface area contributed by atoms with E-state index in [9.17, 15) is 14.9 Å². The molecule has 0 aromatic heterocycles. The molecule has 136 valence electrons. The molecule has 0 amide bonds. The smallest absolute Gasteiger partial charge is 0.152 e. The first-order valence-corrected chi connectivity index (χ1v) is 10.1. The lowest BCUT2D eigenvalue weighted by molar-refractivity contribution is 0.344. The van der Waals surface area contributed by atoms with E-state index in [1.54, 1.807) is 6.07 Å². The van der Waals surface area contributed by atoms with Crippen molar-refractivity contribution in [2.75, 3.05) is 11.7 Å². The van der Waals surface area contributed by atoms with Crippen molar-refractivity contribution >= 4 is 25.0 Å². The predicted octanol–water partition coefficient (Wildman–Crippen LogP) is 4.48. The van der Waals surface area contributed by atoms with E-state index in [2.05, 4.69) is 11.6 Å². The Labute approximate surface area is 149 Å². The molecule has 0 saturated carbocycles. The molecule has 5 nitrogen and oxygen atoms in total. The van der Waals surface area contributed by atoms with Crippen LogP contribution in [0.15, 0.2) is 30.3 Å². The lowest BCUT2D eigenvalue weighted by atomic mass is 10.0. The highest BCUT2D eigenvalue weighted by Crippen LogP contribution is 2.36. The van der Waals surface area contributed by atoms with E-state index in [4.69, 9.17) is 4.74 Å². The number of ether oxygens (including phenoxy) is 1. The Balaban J connectivity index is 2.26. The van der Waals surface area contributed by atoms with Crippen molar-refractivity contribution in [1.82, 2.24) is 0 Å². The summed E-state index contributed by atoms with van der Waals surface area (Å²) in [5, 5.41) is 13.3. The van der Waals surface area contributed by atoms with Gasteiger partial charge in [-0.3, -0.25) is 0 Å². The van der Waals surface area contributed by atoms with Crippen LogP contribution in [0.1, 0.15) is 36.5 Å². The first-order chi connectivity index (χ1) is 11.6. The van der Waals surface area contributed by atoms with Crippen LogP contribution in [0.3, 0.4) is 0 Å². The lowest BCUT2D eigenvalue weighted by Gasteiger charge is -2.18. The van der Waals surface area contributed by atoms with Crippen LogP contribution in [-0.4, -0.2) is 27.5 Å². The van der Waals surface area contributed by atoms with E-state index >= 15 is 0 Å². The Morgan fingerprint density at radius 1 is 1.12 bits per heavy atom. The van der Waals surface area contributed by atoms with E-state index < -0.39 is 7.34 Å². The maximum Gasteiger partial charge on any atom is 0.152 e. The monoisotopic (exact) mass is 363 g/mol. The summed E-state index contributed by atoms with van der Waals surface area (Å²) in [7, 11) is -3.21. The van der Waals surface area contributed by atoms with Gasteiger partial charge in [-0.25, -0.2) is 0 Å². The van der Waals surface area contributed by atoms with Crippen molar-refractivity contribution in [1.29, 1.82) is 0 Å². The SMILES string of the molecule is C=P(O)(O)COc1cc(C)c(Nc2ccc(O)c(C(C)C)c2)c(C)c1. The molecule has 0 spiro atoms. The van der Waals surface area contributed by atoms with Crippen LogP contribution >= 0.6 is 7.34 Å². The summed E-state index contributed by atoms with van der Waals surface area (Å²) in [6, 6.07) is 9.16. The summed E-state index contributed by atoms with van der Waals surface area (Å²) < 4.78 is 5.43. The van der Waals surface area contributed by atoms with Crippen LogP contribution in [0.2, 0.25) is 0 Å². The largest absolute Gasteiger partial charge is 0.508 e. The molecule has 0 fully saturated rings. The third-order valence-electron chi connectivity index (χ3n) is 3.86. The second kappa shape index (κ2) is 7.52. The van der Waals surface area contributed by atoms with Gasteiger partial charge in [0.1, 0.15) is 18.8 Å². The Kier molecular flexibility index (Phi) is 5.83. The van der Waals surface area contributed by atoms with E-state index in [1.807, 2.05) is 52.0 Å². The number of phenolic OH excluding ortho intramolecular Hbond substituents is 1. The number of hydrogen-bond donors (Lipinski definition) is 4. The minimum Gasteiger partial charge on any atom is -0.508 e. The lowest BCUT2D eigenvalue weighted by Crippen LogP contribution is -2.02. The van der Waals surface area contributed by atoms with E-state index in [-0.39, 0.29) is 12.3 Å². The Hall–Kier alpha value is -1.94. The quantitative estimate of drug-likeness (QED) is 0.449. The minimum absolute atomic E-state index is 0.200. The van der Waals surface area contributed by atoms with Gasteiger partial charge in [-0.15, -0.1) is 0 Å². The molecule has 2 rings (SSSR count). The van der Waals surface area contributed by atoms with Crippen LogP contribution in [0.5, 0.6) is 11.5 Å². The fraction of sp³-hybridized carbons (Fsp3) is 0.316. The topological polar surface area (TPSA) is 82.0 Å². The van der Waals surface area contributed by atoms with Crippen LogP contribution < -0.4 is 10.1 Å². The number of hydrogen-bond acceptors (Lipinski definition) is 5. The normalized spacial score (nSPS) is 11.6. The summed E-state index contributed by atoms with van der Waals surface area (Å²) in [5.74, 6) is 1.10. The molecule has 25 heavy (non-hydrogen) atoms. The Morgan fingerprint density at radius 2 is 1.72 bits per heavy atom. The summed E-state index contributed by atoms with van der Waals surface area (Å²) >= 11 is 0. The van der Waals surface area contributed by atoms with Crippen molar-refractivity contribution in [3.8, 4) is 11.5 Å². The number of phenols is 1. The summed E-state index contributed by atoms with van der Waals surface area (Å²) in [5.41, 5.74) is 4.68. The average Bonchev–Trinajstić information content (AvgIpc) is 2.49. The van der Waals surface area contributed by atoms with Gasteiger partial charge in [0.25, 0.3) is 0 Å². The zero-order valence-corrected chi connectivity index (χ0v) is 16.0. The van der Waals surface area contributed by atoms with Gasteiger partial charge < -0.3 is 24.9 Å². The molecule has 0 aliphatic rings. The molecule has 0 saturated heterocycles. The fourth-order valence-electron chi connectivity index (χ4n) is 2.62. The van der Waals surface area contributed by atoms with Gasteiger partial charge in [-0.2, -0.15) is 0 Å². The fourth-order valence-corrected chi connectivity index (χ4v) is 2.98. The molecular formula is C19H26NO4P. The van der Waals surface area contributed by atoms with Crippen molar-refractivity contribution < 1.29 is 19.6 Å². The molecular weight excluding hydrogens is 337 g/mol. The van der Waals surface area contributed by atoms with E-state index in [0.717, 1.165) is 28.1 Å². The van der Waals surface area contributed by atoms with Gasteiger partial charge in [0, 0.05) is 11.4 Å². The van der Waals surface area contributed by atoms with Gasteiger partial charge in [-0.05, 0) is 73.1 Å². The van der Waals surface area contributed by atoms with Gasteiger partial charge in [0.2, 0.25) is 0 Å². The molecule has 0 unspecified atom stereocenters. The summed E-state index contributed by atoms with van der Waals surface area (Å²) in [6.45, 7) is 7.98. The molecule has 0 bridgehead atoms. The third kappa shape index (κ3) is 5.27. The molecule has 0 aliphatic heterocycles. The first-order valence-electron chi connectivity index (χ1n) is 8.08. The first kappa shape index (κ1) is 19.4. The number of aromatic hydroxyl groups is 1. The average molecular weight is 363 g/mol. The zero-order chi connectivity index (χ0) is 18.8. The molecule has 6 heteroatoms. The van der Waals surface area contributed by atoms with Gasteiger partial charge >= 0.3 is 0 Å². The van der Waals surface area contributed by atoms with Crippen molar-refractivity contribution in [3.05, 3.63) is 47.0 Å². The molecule has 0 heterocycles. The number of benzene rings is 2. The van der Waals surface area contributed by atoms with Crippen molar-refractivity contribution in [2.24, 2.45) is 0 Å². The maximum absolute atomic E-state index is 9.95. The molecule has 4 N–H and O–H groups in total. The van der Waals surface area contributed by atoms with E-state index in [1.165, 1.54) is 0 Å². The highest BCUT2D eigenvalue weighted by atomic mass is 31.2. The minimum atomic E-state index is -3.21. The van der Waals surface area contributed by atoms with Crippen molar-refractivity contribution in [2.45, 2.75) is 33.6 Å². The van der Waals surface area contributed by atoms with Crippen molar-refractivity contribution in [3.63, 3.8) is 0 Å². The Bertz CT molecular complexity index is 788. The zero-order valence-electron chi connectivity index (χ0n) is 15.1. The number of rotatable bonds is 6. The molecule has 0 atom stereocenters. The highest BCUT2D eigenvalue weighted by Gasteiger charge is 2.11. The second-order valence-corrected chi connectivity index (χ2v) is 8.65. The van der Waals surface area contributed by atoms with Crippen LogP contribution in [0.4, 0.5) is 11.4 Å². The Morgan fingerprint density at radius 3 is 2.24 bits per heavy atom. The molecule has 2 aromatic rings. The second-order valence-electron chi connectivity index (χ2n) is 6.64.